The fraction of sp³-hybridized carbons (Fsp3) is 0.632. The molecule has 3 saturated heterocycles. The third-order valence-corrected chi connectivity index (χ3v) is 5.86. The Bertz CT molecular complexity index is 602. The molecule has 0 radical (unpaired) electrons. The molecule has 3 aliphatic rings. The number of benzene rings is 1. The van der Waals surface area contributed by atoms with Crippen LogP contribution in [0.3, 0.4) is 0 Å². The fourth-order valence-corrected chi connectivity index (χ4v) is 4.62. The molecule has 2 atom stereocenters. The molecule has 0 spiro atoms. The van der Waals surface area contributed by atoms with Crippen LogP contribution in [0.1, 0.15) is 31.2 Å². The Kier molecular flexibility index (Phi) is 4.55. The molecule has 1 aromatic rings. The number of fused-ring (bicyclic) bond motifs is 1. The SMILES string of the molecule is O=C1C[C@@H]2[C@H](CCN2Cc2cccc(F)c2)N1CCN1CCCC1. The zero-order valence-corrected chi connectivity index (χ0v) is 14.2. The van der Waals surface area contributed by atoms with Crippen LogP contribution >= 0.6 is 0 Å². The molecule has 3 heterocycles. The van der Waals surface area contributed by atoms with Gasteiger partial charge in [0.25, 0.3) is 0 Å². The standard InChI is InChI=1S/C19H26FN3O/c20-16-5-3-4-15(12-16)14-22-9-6-17-18(22)13-19(24)23(17)11-10-21-7-1-2-8-21/h3-5,12,17-18H,1-2,6-11,13-14H2/t17-,18+/m0/s1. The van der Waals surface area contributed by atoms with Crippen molar-refractivity contribution in [3.8, 4) is 0 Å². The van der Waals surface area contributed by atoms with Gasteiger partial charge in [-0.2, -0.15) is 0 Å². The van der Waals surface area contributed by atoms with Crippen molar-refractivity contribution in [2.24, 2.45) is 0 Å². The van der Waals surface area contributed by atoms with Crippen LogP contribution < -0.4 is 0 Å². The molecule has 0 bridgehead atoms. The molecule has 0 aromatic heterocycles. The number of amides is 1. The lowest BCUT2D eigenvalue weighted by Gasteiger charge is -2.27. The smallest absolute Gasteiger partial charge is 0.224 e. The van der Waals surface area contributed by atoms with E-state index in [1.807, 2.05) is 6.07 Å². The van der Waals surface area contributed by atoms with Crippen molar-refractivity contribution in [2.45, 2.75) is 44.3 Å². The van der Waals surface area contributed by atoms with Gasteiger partial charge in [-0.3, -0.25) is 9.69 Å². The van der Waals surface area contributed by atoms with E-state index in [0.29, 0.717) is 24.4 Å². The van der Waals surface area contributed by atoms with E-state index < -0.39 is 0 Å². The molecular weight excluding hydrogens is 305 g/mol. The summed E-state index contributed by atoms with van der Waals surface area (Å²) in [7, 11) is 0. The maximum absolute atomic E-state index is 13.4. The summed E-state index contributed by atoms with van der Waals surface area (Å²) >= 11 is 0. The molecule has 130 valence electrons. The van der Waals surface area contributed by atoms with Gasteiger partial charge in [0.05, 0.1) is 0 Å². The average molecular weight is 331 g/mol. The predicted molar refractivity (Wildman–Crippen MR) is 91.0 cm³/mol. The van der Waals surface area contributed by atoms with Crippen molar-refractivity contribution in [1.29, 1.82) is 0 Å². The Morgan fingerprint density at radius 3 is 2.71 bits per heavy atom. The largest absolute Gasteiger partial charge is 0.337 e. The Morgan fingerprint density at radius 2 is 1.92 bits per heavy atom. The molecule has 5 heteroatoms. The summed E-state index contributed by atoms with van der Waals surface area (Å²) in [6.45, 7) is 5.99. The minimum absolute atomic E-state index is 0.182. The van der Waals surface area contributed by atoms with Gasteiger partial charge in [0.1, 0.15) is 5.82 Å². The van der Waals surface area contributed by atoms with Crippen molar-refractivity contribution in [2.75, 3.05) is 32.7 Å². The van der Waals surface area contributed by atoms with Gasteiger partial charge in [0.15, 0.2) is 0 Å². The van der Waals surface area contributed by atoms with Gasteiger partial charge in [0, 0.05) is 44.7 Å². The van der Waals surface area contributed by atoms with Crippen molar-refractivity contribution >= 4 is 5.91 Å². The number of rotatable bonds is 5. The minimum Gasteiger partial charge on any atom is -0.337 e. The van der Waals surface area contributed by atoms with E-state index in [0.717, 1.165) is 38.2 Å². The van der Waals surface area contributed by atoms with Crippen molar-refractivity contribution in [3.63, 3.8) is 0 Å². The maximum Gasteiger partial charge on any atom is 0.224 e. The summed E-state index contributed by atoms with van der Waals surface area (Å²) < 4.78 is 13.4. The van der Waals surface area contributed by atoms with Crippen molar-refractivity contribution in [3.05, 3.63) is 35.6 Å². The lowest BCUT2D eigenvalue weighted by molar-refractivity contribution is -0.129. The summed E-state index contributed by atoms with van der Waals surface area (Å²) in [5, 5.41) is 0. The highest BCUT2D eigenvalue weighted by atomic mass is 19.1. The van der Waals surface area contributed by atoms with Gasteiger partial charge in [-0.15, -0.1) is 0 Å². The highest BCUT2D eigenvalue weighted by Crippen LogP contribution is 2.33. The average Bonchev–Trinajstić information content (AvgIpc) is 3.25. The third kappa shape index (κ3) is 3.20. The second-order valence-electron chi connectivity index (χ2n) is 7.36. The number of carbonyl (C=O) groups excluding carboxylic acids is 1. The normalized spacial score (nSPS) is 28.0. The van der Waals surface area contributed by atoms with Crippen molar-refractivity contribution < 1.29 is 9.18 Å². The van der Waals surface area contributed by atoms with Gasteiger partial charge in [-0.1, -0.05) is 12.1 Å². The summed E-state index contributed by atoms with van der Waals surface area (Å²) in [6.07, 6.45) is 4.26. The summed E-state index contributed by atoms with van der Waals surface area (Å²) in [4.78, 5) is 19.4. The summed E-state index contributed by atoms with van der Waals surface area (Å²) in [5.74, 6) is 0.117. The molecule has 24 heavy (non-hydrogen) atoms. The van der Waals surface area contributed by atoms with Crippen LogP contribution in [0.5, 0.6) is 0 Å². The Labute approximate surface area is 143 Å². The van der Waals surface area contributed by atoms with E-state index in [-0.39, 0.29) is 5.82 Å². The first-order valence-corrected chi connectivity index (χ1v) is 9.21. The summed E-state index contributed by atoms with van der Waals surface area (Å²) in [6, 6.07) is 7.48. The first kappa shape index (κ1) is 16.0. The fourth-order valence-electron chi connectivity index (χ4n) is 4.62. The first-order valence-electron chi connectivity index (χ1n) is 9.21. The van der Waals surface area contributed by atoms with Crippen LogP contribution in [0.25, 0.3) is 0 Å². The van der Waals surface area contributed by atoms with Crippen LogP contribution in [0.15, 0.2) is 24.3 Å². The van der Waals surface area contributed by atoms with E-state index in [2.05, 4.69) is 14.7 Å². The van der Waals surface area contributed by atoms with E-state index in [1.165, 1.54) is 32.0 Å². The second-order valence-corrected chi connectivity index (χ2v) is 7.36. The van der Waals surface area contributed by atoms with Gasteiger partial charge >= 0.3 is 0 Å². The number of halogens is 1. The number of nitrogens with zero attached hydrogens (tertiary/aromatic N) is 3. The van der Waals surface area contributed by atoms with E-state index >= 15 is 0 Å². The van der Waals surface area contributed by atoms with E-state index in [4.69, 9.17) is 0 Å². The van der Waals surface area contributed by atoms with Crippen LogP contribution in [0.4, 0.5) is 4.39 Å². The van der Waals surface area contributed by atoms with E-state index in [1.54, 1.807) is 12.1 Å². The van der Waals surface area contributed by atoms with E-state index in [9.17, 15) is 9.18 Å². The zero-order chi connectivity index (χ0) is 16.5. The highest BCUT2D eigenvalue weighted by Gasteiger charge is 2.46. The Balaban J connectivity index is 1.37. The minimum atomic E-state index is -0.182. The maximum atomic E-state index is 13.4. The highest BCUT2D eigenvalue weighted by molar-refractivity contribution is 5.80. The van der Waals surface area contributed by atoms with Crippen LogP contribution in [-0.4, -0.2) is 65.4 Å². The van der Waals surface area contributed by atoms with Crippen molar-refractivity contribution in [1.82, 2.24) is 14.7 Å². The van der Waals surface area contributed by atoms with Crippen LogP contribution in [-0.2, 0) is 11.3 Å². The predicted octanol–water partition coefficient (Wildman–Crippen LogP) is 2.10. The molecule has 0 aliphatic carbocycles. The van der Waals surface area contributed by atoms with Gasteiger partial charge < -0.3 is 9.80 Å². The third-order valence-electron chi connectivity index (χ3n) is 5.86. The van der Waals surface area contributed by atoms with Crippen LogP contribution in [0.2, 0.25) is 0 Å². The zero-order valence-electron chi connectivity index (χ0n) is 14.2. The molecule has 1 aromatic carbocycles. The lowest BCUT2D eigenvalue weighted by atomic mass is 10.1. The first-order chi connectivity index (χ1) is 11.7. The monoisotopic (exact) mass is 331 g/mol. The number of likely N-dealkylation sites (tertiary alicyclic amines) is 3. The molecule has 3 fully saturated rings. The number of hydrogen-bond donors (Lipinski definition) is 0. The topological polar surface area (TPSA) is 26.8 Å². The molecule has 1 amide bonds. The number of hydrogen-bond acceptors (Lipinski definition) is 3. The molecule has 0 saturated carbocycles. The molecular formula is C19H26FN3O. The molecule has 0 unspecified atom stereocenters. The van der Waals surface area contributed by atoms with Gasteiger partial charge in [-0.05, 0) is 50.0 Å². The van der Waals surface area contributed by atoms with Crippen LogP contribution in [0, 0.1) is 5.82 Å². The number of carbonyl (C=O) groups is 1. The summed E-state index contributed by atoms with van der Waals surface area (Å²) in [5.41, 5.74) is 0.999. The lowest BCUT2D eigenvalue weighted by Crippen LogP contribution is -2.41. The molecule has 4 nitrogen and oxygen atoms in total. The molecule has 4 rings (SSSR count). The Morgan fingerprint density at radius 1 is 1.08 bits per heavy atom. The quantitative estimate of drug-likeness (QED) is 0.827. The van der Waals surface area contributed by atoms with Gasteiger partial charge in [0.2, 0.25) is 5.91 Å². The molecule has 3 aliphatic heterocycles. The molecule has 0 N–H and O–H groups in total. The van der Waals surface area contributed by atoms with Gasteiger partial charge in [-0.25, -0.2) is 4.39 Å². The Hall–Kier alpha value is -1.46. The second kappa shape index (κ2) is 6.81.